The van der Waals surface area contributed by atoms with Gasteiger partial charge in [-0.25, -0.2) is 0 Å². The lowest BCUT2D eigenvalue weighted by Gasteiger charge is -2.25. The predicted octanol–water partition coefficient (Wildman–Crippen LogP) is 2.13. The minimum absolute atomic E-state index is 0.0411. The van der Waals surface area contributed by atoms with Crippen molar-refractivity contribution in [3.8, 4) is 0 Å². The van der Waals surface area contributed by atoms with E-state index in [0.717, 1.165) is 0 Å². The lowest BCUT2D eigenvalue weighted by atomic mass is 9.91. The van der Waals surface area contributed by atoms with E-state index in [4.69, 9.17) is 5.73 Å². The van der Waals surface area contributed by atoms with Crippen LogP contribution in [0.1, 0.15) is 32.6 Å². The van der Waals surface area contributed by atoms with Crippen LogP contribution >= 0.6 is 11.3 Å². The third-order valence-corrected chi connectivity index (χ3v) is 4.15. The summed E-state index contributed by atoms with van der Waals surface area (Å²) in [7, 11) is 0. The molecular formula is C13H22N2OS. The molecule has 0 aliphatic heterocycles. The number of amides is 1. The lowest BCUT2D eigenvalue weighted by Crippen LogP contribution is -2.47. The summed E-state index contributed by atoms with van der Waals surface area (Å²) in [5, 5.41) is 4.99. The fourth-order valence-corrected chi connectivity index (χ4v) is 2.33. The fourth-order valence-electron chi connectivity index (χ4n) is 1.48. The minimum atomic E-state index is -0.422. The maximum absolute atomic E-state index is 11.8. The van der Waals surface area contributed by atoms with Crippen molar-refractivity contribution in [2.75, 3.05) is 6.54 Å². The number of carbonyl (C=O) groups is 1. The first-order chi connectivity index (χ1) is 7.84. The van der Waals surface area contributed by atoms with Gasteiger partial charge in [-0.1, -0.05) is 33.8 Å². The summed E-state index contributed by atoms with van der Waals surface area (Å²) < 4.78 is 0. The molecule has 0 aliphatic carbocycles. The van der Waals surface area contributed by atoms with E-state index in [9.17, 15) is 4.79 Å². The van der Waals surface area contributed by atoms with Crippen molar-refractivity contribution in [3.05, 3.63) is 22.4 Å². The molecule has 1 aromatic heterocycles. The Morgan fingerprint density at radius 1 is 1.53 bits per heavy atom. The fraction of sp³-hybridized carbons (Fsp3) is 0.615. The van der Waals surface area contributed by atoms with Gasteiger partial charge in [-0.05, 0) is 17.4 Å². The maximum atomic E-state index is 11.8. The van der Waals surface area contributed by atoms with Crippen molar-refractivity contribution in [3.63, 3.8) is 0 Å². The molecule has 0 unspecified atom stereocenters. The molecule has 4 heteroatoms. The van der Waals surface area contributed by atoms with Crippen LogP contribution in [0.25, 0.3) is 0 Å². The molecular weight excluding hydrogens is 232 g/mol. The second-order valence-corrected chi connectivity index (χ2v) is 6.30. The van der Waals surface area contributed by atoms with Gasteiger partial charge in [-0.15, -0.1) is 11.3 Å². The molecule has 1 aromatic rings. The number of nitrogens with two attached hydrogens (primary N) is 1. The van der Waals surface area contributed by atoms with Crippen molar-refractivity contribution < 1.29 is 4.79 Å². The molecule has 0 radical (unpaired) electrons. The molecule has 0 bridgehead atoms. The summed E-state index contributed by atoms with van der Waals surface area (Å²) in [4.78, 5) is 13.0. The Kier molecular flexibility index (Phi) is 4.71. The normalized spacial score (nSPS) is 13.8. The topological polar surface area (TPSA) is 55.1 Å². The van der Waals surface area contributed by atoms with E-state index < -0.39 is 6.04 Å². The number of hydrogen-bond acceptors (Lipinski definition) is 3. The van der Waals surface area contributed by atoms with Crippen LogP contribution in [-0.4, -0.2) is 18.5 Å². The summed E-state index contributed by atoms with van der Waals surface area (Å²) in [5.74, 6) is 0.101. The third-order valence-electron chi connectivity index (χ3n) is 2.91. The van der Waals surface area contributed by atoms with Gasteiger partial charge in [0, 0.05) is 16.8 Å². The smallest absolute Gasteiger partial charge is 0.237 e. The van der Waals surface area contributed by atoms with Crippen LogP contribution in [0.5, 0.6) is 0 Å². The molecule has 0 fully saturated rings. The highest BCUT2D eigenvalue weighted by Gasteiger charge is 2.24. The van der Waals surface area contributed by atoms with E-state index in [1.165, 1.54) is 4.88 Å². The maximum Gasteiger partial charge on any atom is 0.237 e. The highest BCUT2D eigenvalue weighted by molar-refractivity contribution is 7.10. The second-order valence-electron chi connectivity index (χ2n) is 5.35. The van der Waals surface area contributed by atoms with Crippen LogP contribution in [0, 0.1) is 5.92 Å². The first-order valence-corrected chi connectivity index (χ1v) is 6.80. The molecule has 96 valence electrons. The van der Waals surface area contributed by atoms with Gasteiger partial charge in [0.2, 0.25) is 5.91 Å². The van der Waals surface area contributed by atoms with E-state index in [1.807, 2.05) is 19.9 Å². The van der Waals surface area contributed by atoms with Crippen molar-refractivity contribution in [1.82, 2.24) is 5.32 Å². The molecule has 1 atom stereocenters. The Balaban J connectivity index is 2.53. The Bertz CT molecular complexity index is 358. The summed E-state index contributed by atoms with van der Waals surface area (Å²) >= 11 is 1.71. The van der Waals surface area contributed by atoms with Crippen molar-refractivity contribution >= 4 is 17.2 Å². The highest BCUT2D eigenvalue weighted by atomic mass is 32.1. The zero-order valence-corrected chi connectivity index (χ0v) is 11.8. The van der Waals surface area contributed by atoms with Gasteiger partial charge in [0.25, 0.3) is 0 Å². The van der Waals surface area contributed by atoms with Crippen LogP contribution in [0.4, 0.5) is 0 Å². The molecule has 0 saturated heterocycles. The van der Waals surface area contributed by atoms with Gasteiger partial charge >= 0.3 is 0 Å². The van der Waals surface area contributed by atoms with Crippen molar-refractivity contribution in [2.45, 2.75) is 39.2 Å². The Morgan fingerprint density at radius 3 is 2.65 bits per heavy atom. The van der Waals surface area contributed by atoms with Gasteiger partial charge in [0.05, 0.1) is 6.04 Å². The molecule has 1 rings (SSSR count). The third kappa shape index (κ3) is 3.82. The van der Waals surface area contributed by atoms with Gasteiger partial charge in [-0.2, -0.15) is 0 Å². The highest BCUT2D eigenvalue weighted by Crippen LogP contribution is 2.26. The van der Waals surface area contributed by atoms with E-state index in [1.54, 1.807) is 11.3 Å². The second kappa shape index (κ2) is 5.65. The predicted molar refractivity (Wildman–Crippen MR) is 73.2 cm³/mol. The molecule has 0 spiro atoms. The van der Waals surface area contributed by atoms with Gasteiger partial charge in [-0.3, -0.25) is 4.79 Å². The Morgan fingerprint density at radius 2 is 2.18 bits per heavy atom. The first-order valence-electron chi connectivity index (χ1n) is 5.92. The number of hydrogen-bond donors (Lipinski definition) is 2. The summed E-state index contributed by atoms with van der Waals surface area (Å²) in [6, 6.07) is 3.71. The van der Waals surface area contributed by atoms with E-state index in [-0.39, 0.29) is 17.2 Å². The SMILES string of the molecule is CC(C)[C@H](N)C(=O)NCC(C)(C)c1cccs1. The number of rotatable bonds is 5. The molecule has 0 aromatic carbocycles. The average Bonchev–Trinajstić information content (AvgIpc) is 2.78. The zero-order chi connectivity index (χ0) is 13.1. The summed E-state index contributed by atoms with van der Waals surface area (Å²) in [5.41, 5.74) is 5.76. The molecule has 17 heavy (non-hydrogen) atoms. The van der Waals surface area contributed by atoms with Gasteiger partial charge in [0.15, 0.2) is 0 Å². The Hall–Kier alpha value is -0.870. The lowest BCUT2D eigenvalue weighted by molar-refractivity contribution is -0.123. The number of nitrogens with one attached hydrogen (secondary N) is 1. The van der Waals surface area contributed by atoms with Crippen molar-refractivity contribution in [1.29, 1.82) is 0 Å². The van der Waals surface area contributed by atoms with Crippen LogP contribution < -0.4 is 11.1 Å². The van der Waals surface area contributed by atoms with E-state index in [0.29, 0.717) is 6.54 Å². The van der Waals surface area contributed by atoms with Crippen LogP contribution in [0.3, 0.4) is 0 Å². The Labute approximate surface area is 107 Å². The molecule has 0 saturated carbocycles. The molecule has 1 amide bonds. The molecule has 3 N–H and O–H groups in total. The minimum Gasteiger partial charge on any atom is -0.354 e. The van der Waals surface area contributed by atoms with Crippen LogP contribution in [-0.2, 0) is 10.2 Å². The number of thiophene rings is 1. The van der Waals surface area contributed by atoms with E-state index in [2.05, 4.69) is 30.6 Å². The molecule has 3 nitrogen and oxygen atoms in total. The first kappa shape index (κ1) is 14.2. The zero-order valence-electron chi connectivity index (χ0n) is 11.0. The van der Waals surface area contributed by atoms with Gasteiger partial charge < -0.3 is 11.1 Å². The largest absolute Gasteiger partial charge is 0.354 e. The van der Waals surface area contributed by atoms with Crippen LogP contribution in [0.15, 0.2) is 17.5 Å². The van der Waals surface area contributed by atoms with Crippen molar-refractivity contribution in [2.24, 2.45) is 11.7 Å². The summed E-state index contributed by atoms with van der Waals surface area (Å²) in [6.45, 7) is 8.77. The molecule has 0 aliphatic rings. The average molecular weight is 254 g/mol. The summed E-state index contributed by atoms with van der Waals surface area (Å²) in [6.07, 6.45) is 0. The van der Waals surface area contributed by atoms with E-state index >= 15 is 0 Å². The quantitative estimate of drug-likeness (QED) is 0.845. The van der Waals surface area contributed by atoms with Crippen LogP contribution in [0.2, 0.25) is 0 Å². The van der Waals surface area contributed by atoms with Gasteiger partial charge in [0.1, 0.15) is 0 Å². The molecule has 1 heterocycles. The number of carbonyl (C=O) groups excluding carboxylic acids is 1. The monoisotopic (exact) mass is 254 g/mol. The standard InChI is InChI=1S/C13H22N2OS/c1-9(2)11(14)12(16)15-8-13(3,4)10-6-5-7-17-10/h5-7,9,11H,8,14H2,1-4H3,(H,15,16)/t11-/m0/s1.